The van der Waals surface area contributed by atoms with Crippen LogP contribution in [0.2, 0.25) is 0 Å². The summed E-state index contributed by atoms with van der Waals surface area (Å²) >= 11 is 0. The van der Waals surface area contributed by atoms with Crippen molar-refractivity contribution in [3.05, 3.63) is 90.3 Å². The van der Waals surface area contributed by atoms with Crippen LogP contribution in [0.3, 0.4) is 0 Å². The van der Waals surface area contributed by atoms with Crippen LogP contribution >= 0.6 is 0 Å². The number of nitrogens with zero attached hydrogens (tertiary/aromatic N) is 2. The van der Waals surface area contributed by atoms with Gasteiger partial charge in [0.25, 0.3) is 0 Å². The summed E-state index contributed by atoms with van der Waals surface area (Å²) in [5, 5.41) is 4.37. The number of aromatic nitrogens is 2. The predicted octanol–water partition coefficient (Wildman–Crippen LogP) is 5.55. The second-order valence-electron chi connectivity index (χ2n) is 6.05. The lowest BCUT2D eigenvalue weighted by atomic mass is 10.2. The Bertz CT molecular complexity index is 1070. The fraction of sp³-hybridized carbons (Fsp3) is 0.0435. The Kier molecular flexibility index (Phi) is 4.79. The van der Waals surface area contributed by atoms with Crippen molar-refractivity contribution in [2.75, 3.05) is 12.4 Å². The molecule has 4 heteroatoms. The van der Waals surface area contributed by atoms with Gasteiger partial charge in [-0.15, -0.1) is 0 Å². The van der Waals surface area contributed by atoms with Crippen LogP contribution in [-0.2, 0) is 0 Å². The van der Waals surface area contributed by atoms with E-state index < -0.39 is 0 Å². The second-order valence-corrected chi connectivity index (χ2v) is 6.05. The summed E-state index contributed by atoms with van der Waals surface area (Å²) in [6, 6.07) is 25.9. The molecule has 3 aromatic carbocycles. The predicted molar refractivity (Wildman–Crippen MR) is 111 cm³/mol. The lowest BCUT2D eigenvalue weighted by molar-refractivity contribution is 0.415. The van der Waals surface area contributed by atoms with E-state index >= 15 is 0 Å². The minimum atomic E-state index is 0.661. The molecule has 0 aliphatic rings. The van der Waals surface area contributed by atoms with Crippen LogP contribution in [-0.4, -0.2) is 17.1 Å². The number of para-hydroxylation sites is 1. The van der Waals surface area contributed by atoms with Gasteiger partial charge in [-0.1, -0.05) is 48.5 Å². The topological polar surface area (TPSA) is 47.0 Å². The first-order valence-electron chi connectivity index (χ1n) is 8.73. The first kappa shape index (κ1) is 16.8. The number of fused-ring (bicyclic) bond motifs is 1. The quantitative estimate of drug-likeness (QED) is 0.511. The number of nitrogens with one attached hydrogen (secondary N) is 1. The number of ether oxygens (including phenoxy) is 1. The molecule has 1 N–H and O–H groups in total. The summed E-state index contributed by atoms with van der Waals surface area (Å²) in [6.45, 7) is 0. The molecule has 0 spiro atoms. The van der Waals surface area contributed by atoms with E-state index in [0.717, 1.165) is 33.7 Å². The average Bonchev–Trinajstić information content (AvgIpc) is 2.73. The SMILES string of the molecule is COc1ccc(Nc2nc(C=Cc3ccccc3)nc3ccccc23)cc1. The third-order valence-electron chi connectivity index (χ3n) is 4.20. The van der Waals surface area contributed by atoms with E-state index in [4.69, 9.17) is 9.72 Å². The molecule has 0 unspecified atom stereocenters. The van der Waals surface area contributed by atoms with Crippen molar-refractivity contribution in [1.82, 2.24) is 9.97 Å². The highest BCUT2D eigenvalue weighted by molar-refractivity contribution is 5.91. The highest BCUT2D eigenvalue weighted by Crippen LogP contribution is 2.25. The minimum Gasteiger partial charge on any atom is -0.497 e. The molecule has 132 valence electrons. The molecule has 1 heterocycles. The number of hydrogen-bond donors (Lipinski definition) is 1. The fourth-order valence-electron chi connectivity index (χ4n) is 2.81. The van der Waals surface area contributed by atoms with Crippen molar-refractivity contribution in [3.63, 3.8) is 0 Å². The molecule has 1 aromatic heterocycles. The molecular weight excluding hydrogens is 334 g/mol. The molecule has 27 heavy (non-hydrogen) atoms. The molecule has 4 aromatic rings. The largest absolute Gasteiger partial charge is 0.497 e. The van der Waals surface area contributed by atoms with E-state index in [1.54, 1.807) is 7.11 Å². The van der Waals surface area contributed by atoms with Gasteiger partial charge in [0.1, 0.15) is 11.6 Å². The van der Waals surface area contributed by atoms with Gasteiger partial charge in [0.2, 0.25) is 0 Å². The maximum atomic E-state index is 5.22. The van der Waals surface area contributed by atoms with Crippen LogP contribution in [0.15, 0.2) is 78.9 Å². The zero-order valence-corrected chi connectivity index (χ0v) is 15.0. The Hall–Kier alpha value is -3.66. The smallest absolute Gasteiger partial charge is 0.154 e. The number of methoxy groups -OCH3 is 1. The van der Waals surface area contributed by atoms with Gasteiger partial charge in [-0.25, -0.2) is 9.97 Å². The molecule has 0 atom stereocenters. The second kappa shape index (κ2) is 7.70. The van der Waals surface area contributed by atoms with Crippen LogP contribution in [0.4, 0.5) is 11.5 Å². The van der Waals surface area contributed by atoms with E-state index in [-0.39, 0.29) is 0 Å². The maximum Gasteiger partial charge on any atom is 0.154 e. The summed E-state index contributed by atoms with van der Waals surface area (Å²) in [6.07, 6.45) is 3.95. The average molecular weight is 353 g/mol. The molecular formula is C23H19N3O. The fourth-order valence-corrected chi connectivity index (χ4v) is 2.81. The van der Waals surface area contributed by atoms with Crippen LogP contribution < -0.4 is 10.1 Å². The van der Waals surface area contributed by atoms with Gasteiger partial charge >= 0.3 is 0 Å². The number of rotatable bonds is 5. The molecule has 0 bridgehead atoms. The van der Waals surface area contributed by atoms with Gasteiger partial charge in [0.15, 0.2) is 5.82 Å². The van der Waals surface area contributed by atoms with E-state index in [1.807, 2.05) is 91.0 Å². The number of hydrogen-bond acceptors (Lipinski definition) is 4. The Labute approximate surface area is 158 Å². The molecule has 0 radical (unpaired) electrons. The van der Waals surface area contributed by atoms with Gasteiger partial charge in [0, 0.05) is 11.1 Å². The van der Waals surface area contributed by atoms with E-state index in [0.29, 0.717) is 5.82 Å². The van der Waals surface area contributed by atoms with Gasteiger partial charge < -0.3 is 10.1 Å². The van der Waals surface area contributed by atoms with E-state index in [9.17, 15) is 0 Å². The molecule has 0 saturated heterocycles. The highest BCUT2D eigenvalue weighted by atomic mass is 16.5. The first-order valence-corrected chi connectivity index (χ1v) is 8.73. The van der Waals surface area contributed by atoms with Crippen molar-refractivity contribution in [3.8, 4) is 5.75 Å². The van der Waals surface area contributed by atoms with E-state index in [1.165, 1.54) is 0 Å². The summed E-state index contributed by atoms with van der Waals surface area (Å²) in [5.41, 5.74) is 2.95. The van der Waals surface area contributed by atoms with Crippen LogP contribution in [0, 0.1) is 0 Å². The summed E-state index contributed by atoms with van der Waals surface area (Å²) < 4.78 is 5.22. The summed E-state index contributed by atoms with van der Waals surface area (Å²) in [5.74, 6) is 2.26. The zero-order chi connectivity index (χ0) is 18.5. The Morgan fingerprint density at radius 2 is 1.52 bits per heavy atom. The minimum absolute atomic E-state index is 0.661. The van der Waals surface area contributed by atoms with Crippen LogP contribution in [0.1, 0.15) is 11.4 Å². The normalized spacial score (nSPS) is 11.0. The van der Waals surface area contributed by atoms with Gasteiger partial charge in [-0.2, -0.15) is 0 Å². The Morgan fingerprint density at radius 3 is 2.30 bits per heavy atom. The third kappa shape index (κ3) is 3.96. The van der Waals surface area contributed by atoms with Gasteiger partial charge in [-0.3, -0.25) is 0 Å². The lowest BCUT2D eigenvalue weighted by Crippen LogP contribution is -1.99. The zero-order valence-electron chi connectivity index (χ0n) is 15.0. The summed E-state index contributed by atoms with van der Waals surface area (Å²) in [4.78, 5) is 9.38. The molecule has 4 rings (SSSR count). The standard InChI is InChI=1S/C23H19N3O/c1-27-19-14-12-18(13-15-19)24-23-20-9-5-6-10-21(20)25-22(26-23)16-11-17-7-3-2-4-8-17/h2-16H,1H3,(H,24,25,26). The summed E-state index contributed by atoms with van der Waals surface area (Å²) in [7, 11) is 1.66. The highest BCUT2D eigenvalue weighted by Gasteiger charge is 2.07. The van der Waals surface area contributed by atoms with Gasteiger partial charge in [-0.05, 0) is 48.0 Å². The van der Waals surface area contributed by atoms with Crippen LogP contribution in [0.25, 0.3) is 23.1 Å². The third-order valence-corrected chi connectivity index (χ3v) is 4.20. The molecule has 0 fully saturated rings. The molecule has 0 saturated carbocycles. The molecule has 0 amide bonds. The Balaban J connectivity index is 1.70. The van der Waals surface area contributed by atoms with Gasteiger partial charge in [0.05, 0.1) is 12.6 Å². The first-order chi connectivity index (χ1) is 13.3. The Morgan fingerprint density at radius 1 is 0.778 bits per heavy atom. The van der Waals surface area contributed by atoms with Crippen molar-refractivity contribution in [1.29, 1.82) is 0 Å². The molecule has 0 aliphatic carbocycles. The van der Waals surface area contributed by atoms with Crippen LogP contribution in [0.5, 0.6) is 5.75 Å². The molecule has 4 nitrogen and oxygen atoms in total. The monoisotopic (exact) mass is 353 g/mol. The lowest BCUT2D eigenvalue weighted by Gasteiger charge is -2.10. The van der Waals surface area contributed by atoms with Crippen molar-refractivity contribution < 1.29 is 4.74 Å². The van der Waals surface area contributed by atoms with E-state index in [2.05, 4.69) is 10.3 Å². The number of benzene rings is 3. The maximum absolute atomic E-state index is 5.22. The van der Waals surface area contributed by atoms with Crippen molar-refractivity contribution >= 4 is 34.6 Å². The molecule has 0 aliphatic heterocycles. The van der Waals surface area contributed by atoms with Crippen molar-refractivity contribution in [2.24, 2.45) is 0 Å². The van der Waals surface area contributed by atoms with Crippen molar-refractivity contribution in [2.45, 2.75) is 0 Å². The number of anilines is 2.